The van der Waals surface area contributed by atoms with Crippen molar-refractivity contribution in [3.8, 4) is 0 Å². The van der Waals surface area contributed by atoms with Gasteiger partial charge in [0.15, 0.2) is 0 Å². The third-order valence-electron chi connectivity index (χ3n) is 8.45. The first-order valence-corrected chi connectivity index (χ1v) is 10.3. The molecule has 1 fully saturated rings. The van der Waals surface area contributed by atoms with Crippen LogP contribution in [0.4, 0.5) is 0 Å². The van der Waals surface area contributed by atoms with Crippen LogP contribution in [0, 0.1) is 28.6 Å². The van der Waals surface area contributed by atoms with E-state index in [1.807, 2.05) is 0 Å². The van der Waals surface area contributed by atoms with Crippen molar-refractivity contribution in [2.24, 2.45) is 34.3 Å². The lowest BCUT2D eigenvalue weighted by atomic mass is 9.57. The summed E-state index contributed by atoms with van der Waals surface area (Å²) >= 11 is 0. The monoisotopic (exact) mass is 335 g/mol. The van der Waals surface area contributed by atoms with Gasteiger partial charge in [-0.05, 0) is 67.1 Å². The Hall–Kier alpha value is -0.340. The molecule has 140 valence electrons. The van der Waals surface area contributed by atoms with Crippen LogP contribution in [0.25, 0.3) is 0 Å². The molecule has 2 nitrogen and oxygen atoms in total. The lowest BCUT2D eigenvalue weighted by Crippen LogP contribution is -2.45. The average Bonchev–Trinajstić information content (AvgIpc) is 2.57. The predicted molar refractivity (Wildman–Crippen MR) is 104 cm³/mol. The Labute approximate surface area is 150 Å². The third kappa shape index (κ3) is 3.60. The molecule has 2 aliphatic carbocycles. The lowest BCUT2D eigenvalue weighted by molar-refractivity contribution is 0.0447. The molecule has 24 heavy (non-hydrogen) atoms. The van der Waals surface area contributed by atoms with E-state index >= 15 is 0 Å². The number of hydrogen-bond acceptors (Lipinski definition) is 2. The molecule has 0 aromatic carbocycles. The Kier molecular flexibility index (Phi) is 6.24. The Balaban J connectivity index is 2.36. The molecule has 2 heteroatoms. The molecule has 0 aromatic heterocycles. The Morgan fingerprint density at radius 3 is 2.54 bits per heavy atom. The first kappa shape index (κ1) is 20.0. The highest BCUT2D eigenvalue weighted by Crippen LogP contribution is 2.52. The zero-order chi connectivity index (χ0) is 18.1. The van der Waals surface area contributed by atoms with Gasteiger partial charge >= 0.3 is 0 Å². The summed E-state index contributed by atoms with van der Waals surface area (Å²) in [6.07, 6.45) is 9.89. The van der Waals surface area contributed by atoms with Crippen LogP contribution in [0.1, 0.15) is 86.5 Å². The van der Waals surface area contributed by atoms with Gasteiger partial charge in [0, 0.05) is 6.04 Å². The van der Waals surface area contributed by atoms with Crippen molar-refractivity contribution < 1.29 is 5.11 Å². The van der Waals surface area contributed by atoms with Crippen LogP contribution < -0.4 is 5.73 Å². The van der Waals surface area contributed by atoms with Gasteiger partial charge in [-0.3, -0.25) is 0 Å². The van der Waals surface area contributed by atoms with E-state index in [0.29, 0.717) is 23.2 Å². The molecule has 2 aliphatic rings. The number of hydrogen-bond donors (Lipinski definition) is 2. The second kappa shape index (κ2) is 7.50. The van der Waals surface area contributed by atoms with E-state index in [1.54, 1.807) is 0 Å². The highest BCUT2D eigenvalue weighted by molar-refractivity contribution is 5.20. The number of aliphatic hydroxyl groups excluding tert-OH is 1. The Morgan fingerprint density at radius 1 is 1.25 bits per heavy atom. The summed E-state index contributed by atoms with van der Waals surface area (Å²) in [5, 5.41) is 10.2. The maximum Gasteiger partial charge on any atom is 0.0577 e. The minimum atomic E-state index is -0.154. The maximum absolute atomic E-state index is 10.2. The van der Waals surface area contributed by atoms with Gasteiger partial charge in [0.1, 0.15) is 0 Å². The van der Waals surface area contributed by atoms with Crippen LogP contribution in [-0.2, 0) is 0 Å². The maximum atomic E-state index is 10.2. The van der Waals surface area contributed by atoms with Crippen molar-refractivity contribution in [3.05, 3.63) is 11.6 Å². The Bertz CT molecular complexity index is 459. The van der Waals surface area contributed by atoms with Crippen molar-refractivity contribution in [1.82, 2.24) is 0 Å². The molecule has 7 unspecified atom stereocenters. The van der Waals surface area contributed by atoms with Gasteiger partial charge in [0.05, 0.1) is 6.10 Å². The molecule has 1 saturated carbocycles. The molecule has 2 rings (SSSR count). The standard InChI is InChI=1S/C22H41NO/c1-7-15(2)21(5)12-10-16(3)22(6)13-11-19(24)14-18(22)8-9-20(23)17(21)4/h8,15-17,19-20,24H,7,9-14,23H2,1-6H3/b18-8-. The van der Waals surface area contributed by atoms with Crippen LogP contribution >= 0.6 is 0 Å². The van der Waals surface area contributed by atoms with Gasteiger partial charge in [0.25, 0.3) is 0 Å². The van der Waals surface area contributed by atoms with Crippen molar-refractivity contribution in [2.45, 2.75) is 98.6 Å². The fourth-order valence-electron chi connectivity index (χ4n) is 5.30. The molecule has 3 N–H and O–H groups in total. The highest BCUT2D eigenvalue weighted by Gasteiger charge is 2.43. The van der Waals surface area contributed by atoms with E-state index in [4.69, 9.17) is 5.73 Å². The first-order valence-electron chi connectivity index (χ1n) is 10.3. The number of aliphatic hydroxyl groups is 1. The second-order valence-electron chi connectivity index (χ2n) is 9.49. The molecule has 0 amide bonds. The summed E-state index contributed by atoms with van der Waals surface area (Å²) in [6, 6.07) is 0.216. The van der Waals surface area contributed by atoms with Gasteiger partial charge in [0.2, 0.25) is 0 Å². The molecule has 7 atom stereocenters. The van der Waals surface area contributed by atoms with Gasteiger partial charge in [-0.25, -0.2) is 0 Å². The average molecular weight is 336 g/mol. The molecular formula is C22H41NO. The number of fused-ring (bicyclic) bond motifs is 1. The lowest BCUT2D eigenvalue weighted by Gasteiger charge is -2.48. The van der Waals surface area contributed by atoms with Crippen molar-refractivity contribution in [1.29, 1.82) is 0 Å². The summed E-state index contributed by atoms with van der Waals surface area (Å²) in [6.45, 7) is 14.5. The van der Waals surface area contributed by atoms with E-state index in [0.717, 1.165) is 25.7 Å². The molecule has 0 saturated heterocycles. The smallest absolute Gasteiger partial charge is 0.0577 e. The second-order valence-corrected chi connectivity index (χ2v) is 9.49. The SMILES string of the molecule is CCC(C)C1(C)CCC(C)C2(C)CCC(O)C/C2=C/CC(N)C1C. The fraction of sp³-hybridized carbons (Fsp3) is 0.909. The third-order valence-corrected chi connectivity index (χ3v) is 8.45. The summed E-state index contributed by atoms with van der Waals surface area (Å²) in [5.74, 6) is 1.89. The first-order chi connectivity index (χ1) is 11.1. The minimum absolute atomic E-state index is 0.154. The highest BCUT2D eigenvalue weighted by atomic mass is 16.3. The van der Waals surface area contributed by atoms with E-state index in [2.05, 4.69) is 47.6 Å². The zero-order valence-electron chi connectivity index (χ0n) is 16.9. The summed E-state index contributed by atoms with van der Waals surface area (Å²) in [5.41, 5.74) is 8.70. The molecule has 0 aliphatic heterocycles. The molecular weight excluding hydrogens is 294 g/mol. The van der Waals surface area contributed by atoms with Crippen LogP contribution in [0.5, 0.6) is 0 Å². The van der Waals surface area contributed by atoms with E-state index in [9.17, 15) is 5.11 Å². The predicted octanol–water partition coefficient (Wildman–Crippen LogP) is 5.30. The molecule has 0 aromatic rings. The topological polar surface area (TPSA) is 46.2 Å². The quantitative estimate of drug-likeness (QED) is 0.673. The van der Waals surface area contributed by atoms with Gasteiger partial charge in [-0.1, -0.05) is 59.6 Å². The van der Waals surface area contributed by atoms with Gasteiger partial charge in [-0.2, -0.15) is 0 Å². The molecule has 0 spiro atoms. The van der Waals surface area contributed by atoms with E-state index in [1.165, 1.54) is 24.8 Å². The van der Waals surface area contributed by atoms with E-state index in [-0.39, 0.29) is 17.6 Å². The van der Waals surface area contributed by atoms with Crippen molar-refractivity contribution in [3.63, 3.8) is 0 Å². The molecule has 0 heterocycles. The summed E-state index contributed by atoms with van der Waals surface area (Å²) in [4.78, 5) is 0. The zero-order valence-corrected chi connectivity index (χ0v) is 16.9. The van der Waals surface area contributed by atoms with Gasteiger partial charge in [-0.15, -0.1) is 0 Å². The normalized spacial score (nSPS) is 48.1. The number of nitrogens with two attached hydrogens (primary N) is 1. The number of rotatable bonds is 2. The van der Waals surface area contributed by atoms with Crippen molar-refractivity contribution in [2.75, 3.05) is 0 Å². The summed E-state index contributed by atoms with van der Waals surface area (Å²) in [7, 11) is 0. The van der Waals surface area contributed by atoms with Crippen molar-refractivity contribution >= 4 is 0 Å². The fourth-order valence-corrected chi connectivity index (χ4v) is 5.30. The van der Waals surface area contributed by atoms with Gasteiger partial charge < -0.3 is 10.8 Å². The molecule has 0 bridgehead atoms. The van der Waals surface area contributed by atoms with Crippen LogP contribution in [0.3, 0.4) is 0 Å². The minimum Gasteiger partial charge on any atom is -0.393 e. The Morgan fingerprint density at radius 2 is 1.92 bits per heavy atom. The largest absolute Gasteiger partial charge is 0.393 e. The van der Waals surface area contributed by atoms with Crippen LogP contribution in [-0.4, -0.2) is 17.3 Å². The van der Waals surface area contributed by atoms with Crippen LogP contribution in [0.15, 0.2) is 11.6 Å². The van der Waals surface area contributed by atoms with Crippen LogP contribution in [0.2, 0.25) is 0 Å². The summed E-state index contributed by atoms with van der Waals surface area (Å²) < 4.78 is 0. The molecule has 0 radical (unpaired) electrons. The van der Waals surface area contributed by atoms with E-state index < -0.39 is 0 Å².